The third-order valence-corrected chi connectivity index (χ3v) is 5.11. The Kier molecular flexibility index (Phi) is 8.69. The Morgan fingerprint density at radius 2 is 1.93 bits per heavy atom. The van der Waals surface area contributed by atoms with Crippen molar-refractivity contribution in [1.29, 1.82) is 0 Å². The largest absolute Gasteiger partial charge is 0.352 e. The molecule has 0 aliphatic rings. The standard InChI is InChI=1S/C20H26BrN7.HI/c1-15-24-25-19(28(15)4)12-23-20(22-11-16-8-6-5-7-9-16)27(3)14-18-10-17(21)13-26(18)2;/h5-10,13H,11-12,14H2,1-4H3,(H,22,23);1H. The number of aryl methyl sites for hydroxylation is 2. The Balaban J connectivity index is 0.00000300. The molecule has 0 radical (unpaired) electrons. The molecular weight excluding hydrogens is 545 g/mol. The first-order chi connectivity index (χ1) is 13.4. The zero-order chi connectivity index (χ0) is 20.1. The van der Waals surface area contributed by atoms with Gasteiger partial charge >= 0.3 is 0 Å². The molecule has 9 heteroatoms. The van der Waals surface area contributed by atoms with E-state index in [2.05, 4.69) is 65.3 Å². The third kappa shape index (κ3) is 6.30. The Labute approximate surface area is 197 Å². The van der Waals surface area contributed by atoms with Crippen molar-refractivity contribution in [2.75, 3.05) is 7.05 Å². The smallest absolute Gasteiger partial charge is 0.194 e. The highest BCUT2D eigenvalue weighted by Gasteiger charge is 2.12. The topological polar surface area (TPSA) is 63.3 Å². The summed E-state index contributed by atoms with van der Waals surface area (Å²) < 4.78 is 5.17. The molecule has 0 spiro atoms. The SMILES string of the molecule is Cc1nnc(CNC(=NCc2ccccc2)N(C)Cc2cc(Br)cn2C)n1C.I. The van der Waals surface area contributed by atoms with Gasteiger partial charge in [-0.25, -0.2) is 4.99 Å². The van der Waals surface area contributed by atoms with Gasteiger partial charge in [-0.15, -0.1) is 34.2 Å². The summed E-state index contributed by atoms with van der Waals surface area (Å²) in [4.78, 5) is 6.95. The molecule has 29 heavy (non-hydrogen) atoms. The van der Waals surface area contributed by atoms with Crippen molar-refractivity contribution in [3.63, 3.8) is 0 Å². The maximum absolute atomic E-state index is 4.83. The van der Waals surface area contributed by atoms with E-state index in [4.69, 9.17) is 4.99 Å². The molecule has 0 aliphatic carbocycles. The van der Waals surface area contributed by atoms with Gasteiger partial charge < -0.3 is 19.4 Å². The molecule has 3 rings (SSSR count). The van der Waals surface area contributed by atoms with Crippen molar-refractivity contribution >= 4 is 45.9 Å². The number of rotatable bonds is 6. The molecule has 7 nitrogen and oxygen atoms in total. The van der Waals surface area contributed by atoms with Crippen molar-refractivity contribution in [3.05, 3.63) is 70.0 Å². The summed E-state index contributed by atoms with van der Waals surface area (Å²) in [6.45, 7) is 3.86. The third-order valence-electron chi connectivity index (χ3n) is 4.68. The Morgan fingerprint density at radius 1 is 1.21 bits per heavy atom. The van der Waals surface area contributed by atoms with Crippen LogP contribution in [-0.4, -0.2) is 37.2 Å². The molecule has 1 N–H and O–H groups in total. The number of benzene rings is 1. The Bertz CT molecular complexity index is 949. The van der Waals surface area contributed by atoms with Crippen LogP contribution in [0.15, 0.2) is 52.1 Å². The quantitative estimate of drug-likeness (QED) is 0.279. The van der Waals surface area contributed by atoms with E-state index in [1.54, 1.807) is 0 Å². The number of guanidine groups is 1. The summed E-state index contributed by atoms with van der Waals surface area (Å²) in [6, 6.07) is 12.4. The molecule has 3 aromatic rings. The summed E-state index contributed by atoms with van der Waals surface area (Å²) in [6.07, 6.45) is 2.06. The molecule has 0 saturated carbocycles. The number of nitrogens with one attached hydrogen (secondary N) is 1. The van der Waals surface area contributed by atoms with Gasteiger partial charge in [0.15, 0.2) is 11.8 Å². The fourth-order valence-corrected chi connectivity index (χ4v) is 3.44. The molecule has 0 aliphatic heterocycles. The second kappa shape index (κ2) is 10.8. The van der Waals surface area contributed by atoms with Crippen LogP contribution in [0.4, 0.5) is 0 Å². The van der Waals surface area contributed by atoms with Crippen LogP contribution in [0.25, 0.3) is 0 Å². The zero-order valence-corrected chi connectivity index (χ0v) is 21.0. The van der Waals surface area contributed by atoms with E-state index < -0.39 is 0 Å². The number of aromatic nitrogens is 4. The first kappa shape index (κ1) is 23.4. The van der Waals surface area contributed by atoms with Crippen LogP contribution in [0.3, 0.4) is 0 Å². The molecule has 156 valence electrons. The van der Waals surface area contributed by atoms with Gasteiger partial charge in [0, 0.05) is 37.5 Å². The lowest BCUT2D eigenvalue weighted by Crippen LogP contribution is -2.39. The lowest BCUT2D eigenvalue weighted by atomic mass is 10.2. The Morgan fingerprint density at radius 3 is 2.52 bits per heavy atom. The molecule has 0 atom stereocenters. The number of hydrogen-bond acceptors (Lipinski definition) is 3. The fourth-order valence-electron chi connectivity index (χ4n) is 2.87. The summed E-state index contributed by atoms with van der Waals surface area (Å²) in [5.74, 6) is 2.59. The summed E-state index contributed by atoms with van der Waals surface area (Å²) >= 11 is 3.54. The van der Waals surface area contributed by atoms with E-state index >= 15 is 0 Å². The fraction of sp³-hybridized carbons (Fsp3) is 0.350. The molecule has 0 unspecified atom stereocenters. The second-order valence-electron chi connectivity index (χ2n) is 6.82. The van der Waals surface area contributed by atoms with Crippen molar-refractivity contribution in [2.24, 2.45) is 19.1 Å². The predicted molar refractivity (Wildman–Crippen MR) is 130 cm³/mol. The summed E-state index contributed by atoms with van der Waals surface area (Å²) in [5.41, 5.74) is 2.37. The maximum Gasteiger partial charge on any atom is 0.194 e. The van der Waals surface area contributed by atoms with Crippen molar-refractivity contribution in [2.45, 2.75) is 26.6 Å². The molecule has 0 saturated heterocycles. The van der Waals surface area contributed by atoms with Crippen molar-refractivity contribution in [1.82, 2.24) is 29.5 Å². The van der Waals surface area contributed by atoms with Gasteiger partial charge in [-0.3, -0.25) is 0 Å². The molecule has 2 aromatic heterocycles. The van der Waals surface area contributed by atoms with E-state index in [-0.39, 0.29) is 24.0 Å². The number of nitrogens with zero attached hydrogens (tertiary/aromatic N) is 6. The van der Waals surface area contributed by atoms with Gasteiger partial charge in [-0.05, 0) is 34.5 Å². The number of halogens is 2. The minimum atomic E-state index is 0. The van der Waals surface area contributed by atoms with Crippen molar-refractivity contribution < 1.29 is 0 Å². The Hall–Kier alpha value is -1.88. The highest BCUT2D eigenvalue weighted by Crippen LogP contribution is 2.15. The highest BCUT2D eigenvalue weighted by atomic mass is 127. The summed E-state index contributed by atoms with van der Waals surface area (Å²) in [5, 5.41) is 11.8. The number of hydrogen-bond donors (Lipinski definition) is 1. The maximum atomic E-state index is 4.83. The molecule has 0 amide bonds. The van der Waals surface area contributed by atoms with Crippen LogP contribution < -0.4 is 5.32 Å². The lowest BCUT2D eigenvalue weighted by Gasteiger charge is -2.23. The van der Waals surface area contributed by atoms with E-state index in [0.717, 1.165) is 28.6 Å². The molecule has 0 fully saturated rings. The first-order valence-electron chi connectivity index (χ1n) is 9.13. The molecule has 0 bridgehead atoms. The van der Waals surface area contributed by atoms with Crippen LogP contribution in [0.2, 0.25) is 0 Å². The van der Waals surface area contributed by atoms with Gasteiger partial charge in [-0.2, -0.15) is 0 Å². The van der Waals surface area contributed by atoms with E-state index in [0.29, 0.717) is 13.1 Å². The van der Waals surface area contributed by atoms with E-state index in [9.17, 15) is 0 Å². The number of aliphatic imine (C=N–C) groups is 1. The first-order valence-corrected chi connectivity index (χ1v) is 9.92. The minimum absolute atomic E-state index is 0. The van der Waals surface area contributed by atoms with Crippen LogP contribution in [0, 0.1) is 6.92 Å². The van der Waals surface area contributed by atoms with Gasteiger partial charge in [0.05, 0.1) is 19.6 Å². The normalized spacial score (nSPS) is 11.3. The lowest BCUT2D eigenvalue weighted by molar-refractivity contribution is 0.458. The molecular formula is C20H27BrIN7. The van der Waals surface area contributed by atoms with Crippen LogP contribution in [0.1, 0.15) is 22.9 Å². The van der Waals surface area contributed by atoms with Crippen LogP contribution >= 0.6 is 39.9 Å². The average Bonchev–Trinajstić information content (AvgIpc) is 3.17. The second-order valence-corrected chi connectivity index (χ2v) is 7.73. The van der Waals surface area contributed by atoms with E-state index in [1.807, 2.05) is 50.8 Å². The molecule has 2 heterocycles. The van der Waals surface area contributed by atoms with Gasteiger partial charge in [0.2, 0.25) is 0 Å². The van der Waals surface area contributed by atoms with Crippen LogP contribution in [-0.2, 0) is 33.7 Å². The minimum Gasteiger partial charge on any atom is -0.352 e. The van der Waals surface area contributed by atoms with Gasteiger partial charge in [0.25, 0.3) is 0 Å². The average molecular weight is 572 g/mol. The zero-order valence-electron chi connectivity index (χ0n) is 17.1. The predicted octanol–water partition coefficient (Wildman–Crippen LogP) is 3.62. The summed E-state index contributed by atoms with van der Waals surface area (Å²) in [7, 11) is 6.06. The van der Waals surface area contributed by atoms with Crippen molar-refractivity contribution in [3.8, 4) is 0 Å². The van der Waals surface area contributed by atoms with Gasteiger partial charge in [-0.1, -0.05) is 30.3 Å². The molecule has 1 aromatic carbocycles. The van der Waals surface area contributed by atoms with E-state index in [1.165, 1.54) is 11.3 Å². The van der Waals surface area contributed by atoms with Gasteiger partial charge in [0.1, 0.15) is 5.82 Å². The highest BCUT2D eigenvalue weighted by molar-refractivity contribution is 14.0. The monoisotopic (exact) mass is 571 g/mol. The van der Waals surface area contributed by atoms with Crippen LogP contribution in [0.5, 0.6) is 0 Å².